The third kappa shape index (κ3) is 7.60. The summed E-state index contributed by atoms with van der Waals surface area (Å²) in [5.74, 6) is 2.41. The van der Waals surface area contributed by atoms with Crippen molar-refractivity contribution in [2.45, 2.75) is 46.5 Å². The Balaban J connectivity index is 1.23. The maximum Gasteiger partial charge on any atom is 0.204 e. The van der Waals surface area contributed by atoms with Crippen LogP contribution < -0.4 is 15.0 Å². The van der Waals surface area contributed by atoms with E-state index in [2.05, 4.69) is 37.3 Å². The molecule has 238 valence electrons. The molecule has 2 aromatic carbocycles. The van der Waals surface area contributed by atoms with Gasteiger partial charge in [-0.05, 0) is 81.5 Å². The van der Waals surface area contributed by atoms with E-state index in [1.54, 1.807) is 31.4 Å². The topological polar surface area (TPSA) is 120 Å². The Bertz CT molecular complexity index is 1680. The van der Waals surface area contributed by atoms with Crippen LogP contribution in [0.3, 0.4) is 0 Å². The molecule has 11 nitrogen and oxygen atoms in total. The molecule has 0 spiro atoms. The van der Waals surface area contributed by atoms with E-state index >= 15 is 0 Å². The smallest absolute Gasteiger partial charge is 0.204 e. The average molecular weight is 649 g/mol. The second-order valence-electron chi connectivity index (χ2n) is 11.6. The number of likely N-dealkylation sites (tertiary alicyclic amines) is 1. The number of H-pyrrole nitrogens is 1. The van der Waals surface area contributed by atoms with Gasteiger partial charge in [0.1, 0.15) is 0 Å². The van der Waals surface area contributed by atoms with E-state index in [1.165, 1.54) is 24.6 Å². The van der Waals surface area contributed by atoms with Crippen molar-refractivity contribution < 1.29 is 13.2 Å². The summed E-state index contributed by atoms with van der Waals surface area (Å²) in [4.78, 5) is 18.2. The van der Waals surface area contributed by atoms with Crippen LogP contribution in [0.25, 0.3) is 0 Å². The molecule has 2 aromatic heterocycles. The molecule has 0 saturated carbocycles. The first-order chi connectivity index (χ1) is 21.8. The van der Waals surface area contributed by atoms with E-state index in [0.29, 0.717) is 28.6 Å². The third-order valence-corrected chi connectivity index (χ3v) is 11.0. The summed E-state index contributed by atoms with van der Waals surface area (Å²) < 4.78 is 32.0. The van der Waals surface area contributed by atoms with Gasteiger partial charge in [0.05, 0.1) is 17.8 Å². The highest BCUT2D eigenvalue weighted by atomic mass is 32.2. The standard InChI is InChI=1S/C32H40N8O3S2/c1-23-21-28(37-36-23)33-30-29(43-3)31(40-19-17-39(18-20-40)25-13-15-38(2)16-14-25)35-32(34-30)44-26-9-11-27(12-10-26)45(41,42)22-24-7-5-4-6-8-24/h4-12,21,25H,13-20,22H2,1-3H3,(H2,33,34,35,36,37). The lowest BCUT2D eigenvalue weighted by Crippen LogP contribution is -2.53. The van der Waals surface area contributed by atoms with Crippen LogP contribution in [0.4, 0.5) is 17.5 Å². The number of piperidine rings is 1. The minimum atomic E-state index is -3.48. The zero-order chi connectivity index (χ0) is 31.4. The van der Waals surface area contributed by atoms with E-state index < -0.39 is 9.84 Å². The molecule has 2 N–H and O–H groups in total. The number of sulfone groups is 1. The minimum Gasteiger partial charge on any atom is -0.490 e. The maximum absolute atomic E-state index is 13.0. The predicted octanol–water partition coefficient (Wildman–Crippen LogP) is 4.60. The van der Waals surface area contributed by atoms with Crippen LogP contribution in [0.2, 0.25) is 0 Å². The molecule has 2 saturated heterocycles. The number of aryl methyl sites for hydroxylation is 1. The zero-order valence-electron chi connectivity index (χ0n) is 25.9. The fraction of sp³-hybridized carbons (Fsp3) is 0.406. The lowest BCUT2D eigenvalue weighted by Gasteiger charge is -2.42. The summed E-state index contributed by atoms with van der Waals surface area (Å²) in [6, 6.07) is 18.7. The number of hydrogen-bond acceptors (Lipinski definition) is 11. The zero-order valence-corrected chi connectivity index (χ0v) is 27.6. The van der Waals surface area contributed by atoms with Crippen LogP contribution >= 0.6 is 11.8 Å². The van der Waals surface area contributed by atoms with Crippen LogP contribution in [0.15, 0.2) is 75.6 Å². The summed E-state index contributed by atoms with van der Waals surface area (Å²) in [6.45, 7) is 7.82. The van der Waals surface area contributed by atoms with Crippen LogP contribution in [-0.2, 0) is 15.6 Å². The van der Waals surface area contributed by atoms with E-state index in [0.717, 1.165) is 61.2 Å². The van der Waals surface area contributed by atoms with Crippen molar-refractivity contribution in [1.29, 1.82) is 0 Å². The largest absolute Gasteiger partial charge is 0.490 e. The van der Waals surface area contributed by atoms with Crippen molar-refractivity contribution in [2.75, 3.05) is 63.6 Å². The first-order valence-corrected chi connectivity index (χ1v) is 17.7. The Morgan fingerprint density at radius 3 is 2.33 bits per heavy atom. The SMILES string of the molecule is COc1c(Nc2cc(C)[nH]n2)nc(Sc2ccc(S(=O)(=O)Cc3ccccc3)cc2)nc1N1CCN(C2CCN(C)CC2)CC1. The van der Waals surface area contributed by atoms with E-state index in [9.17, 15) is 8.42 Å². The summed E-state index contributed by atoms with van der Waals surface area (Å²) >= 11 is 1.38. The normalized spacial score (nSPS) is 17.0. The molecule has 0 bridgehead atoms. The average Bonchev–Trinajstić information content (AvgIpc) is 3.46. The molecule has 4 heterocycles. The molecule has 0 atom stereocenters. The number of aromatic amines is 1. The highest BCUT2D eigenvalue weighted by Gasteiger charge is 2.29. The van der Waals surface area contributed by atoms with E-state index in [-0.39, 0.29) is 10.6 Å². The highest BCUT2D eigenvalue weighted by molar-refractivity contribution is 7.99. The highest BCUT2D eigenvalue weighted by Crippen LogP contribution is 2.39. The first kappa shape index (κ1) is 31.3. The maximum atomic E-state index is 13.0. The van der Waals surface area contributed by atoms with Gasteiger partial charge < -0.3 is 19.9 Å². The number of anilines is 3. The van der Waals surface area contributed by atoms with Gasteiger partial charge in [0.2, 0.25) is 5.75 Å². The Morgan fingerprint density at radius 1 is 0.978 bits per heavy atom. The van der Waals surface area contributed by atoms with Gasteiger partial charge in [-0.25, -0.2) is 18.4 Å². The van der Waals surface area contributed by atoms with Crippen LogP contribution in [0.1, 0.15) is 24.1 Å². The molecule has 13 heteroatoms. The number of methoxy groups -OCH3 is 1. The lowest BCUT2D eigenvalue weighted by molar-refractivity contribution is 0.115. The van der Waals surface area contributed by atoms with Gasteiger partial charge in [0, 0.05) is 48.9 Å². The Labute approximate surface area is 269 Å². The van der Waals surface area contributed by atoms with Crippen molar-refractivity contribution in [3.63, 3.8) is 0 Å². The van der Waals surface area contributed by atoms with Crippen LogP contribution in [0.5, 0.6) is 5.75 Å². The van der Waals surface area contributed by atoms with E-state index in [4.69, 9.17) is 14.7 Å². The Kier molecular flexibility index (Phi) is 9.59. The number of nitrogens with one attached hydrogen (secondary N) is 2. The molecule has 0 aliphatic carbocycles. The third-order valence-electron chi connectivity index (χ3n) is 8.39. The van der Waals surface area contributed by atoms with Gasteiger partial charge in [-0.15, -0.1) is 0 Å². The molecule has 0 amide bonds. The quantitative estimate of drug-likeness (QED) is 0.235. The van der Waals surface area contributed by atoms with E-state index in [1.807, 2.05) is 43.3 Å². The lowest BCUT2D eigenvalue weighted by atomic mass is 10.0. The Hall–Kier alpha value is -3.65. The first-order valence-electron chi connectivity index (χ1n) is 15.2. The molecule has 45 heavy (non-hydrogen) atoms. The van der Waals surface area contributed by atoms with Gasteiger partial charge in [0.15, 0.2) is 32.4 Å². The van der Waals surface area contributed by atoms with Crippen molar-refractivity contribution in [3.8, 4) is 5.75 Å². The number of piperazine rings is 1. The van der Waals surface area contributed by atoms with Crippen molar-refractivity contribution >= 4 is 39.1 Å². The van der Waals surface area contributed by atoms with Crippen molar-refractivity contribution in [1.82, 2.24) is 30.0 Å². The number of nitrogens with zero attached hydrogens (tertiary/aromatic N) is 6. The molecule has 2 aliphatic rings. The fourth-order valence-corrected chi connectivity index (χ4v) is 8.01. The molecular formula is C32H40N8O3S2. The second-order valence-corrected chi connectivity index (χ2v) is 14.7. The molecule has 2 aliphatic heterocycles. The van der Waals surface area contributed by atoms with Gasteiger partial charge in [-0.3, -0.25) is 10.00 Å². The predicted molar refractivity (Wildman–Crippen MR) is 177 cm³/mol. The number of benzene rings is 2. The van der Waals surface area contributed by atoms with Gasteiger partial charge in [-0.2, -0.15) is 5.10 Å². The molecule has 0 radical (unpaired) electrons. The molecule has 0 unspecified atom stereocenters. The molecule has 2 fully saturated rings. The summed E-state index contributed by atoms with van der Waals surface area (Å²) in [5, 5.41) is 11.1. The van der Waals surface area contributed by atoms with Crippen LogP contribution in [-0.4, -0.2) is 97.9 Å². The molecule has 6 rings (SSSR count). The fourth-order valence-electron chi connectivity index (χ4n) is 5.91. The summed E-state index contributed by atoms with van der Waals surface area (Å²) in [6.07, 6.45) is 2.41. The van der Waals surface area contributed by atoms with Crippen molar-refractivity contribution in [2.24, 2.45) is 0 Å². The Morgan fingerprint density at radius 2 is 1.69 bits per heavy atom. The number of hydrogen-bond donors (Lipinski definition) is 2. The minimum absolute atomic E-state index is 0.0436. The second kappa shape index (κ2) is 13.8. The van der Waals surface area contributed by atoms with Crippen LogP contribution in [0, 0.1) is 6.92 Å². The monoisotopic (exact) mass is 648 g/mol. The molecule has 4 aromatic rings. The molecular weight excluding hydrogens is 609 g/mol. The van der Waals surface area contributed by atoms with Gasteiger partial charge in [-0.1, -0.05) is 30.3 Å². The summed E-state index contributed by atoms with van der Waals surface area (Å²) in [5.41, 5.74) is 1.68. The number of ether oxygens (including phenoxy) is 1. The van der Waals surface area contributed by atoms with Gasteiger partial charge >= 0.3 is 0 Å². The number of rotatable bonds is 10. The van der Waals surface area contributed by atoms with Gasteiger partial charge in [0.25, 0.3) is 0 Å². The summed E-state index contributed by atoms with van der Waals surface area (Å²) in [7, 11) is 0.358. The van der Waals surface area contributed by atoms with Crippen molar-refractivity contribution in [3.05, 3.63) is 71.9 Å². The number of aromatic nitrogens is 4.